The van der Waals surface area contributed by atoms with E-state index in [1.807, 2.05) is 32.0 Å². The molecule has 0 fully saturated rings. The number of sulfonamides is 1. The summed E-state index contributed by atoms with van der Waals surface area (Å²) in [6.45, 7) is 3.81. The molecule has 0 heterocycles. The monoisotopic (exact) mass is 311 g/mol. The molecular formula is C15H21NO4S. The van der Waals surface area contributed by atoms with Gasteiger partial charge in [0.15, 0.2) is 0 Å². The van der Waals surface area contributed by atoms with Crippen LogP contribution in [-0.2, 0) is 19.6 Å². The van der Waals surface area contributed by atoms with Gasteiger partial charge in [-0.2, -0.15) is 4.72 Å². The summed E-state index contributed by atoms with van der Waals surface area (Å²) in [5, 5.41) is 1.05. The molecule has 1 atom stereocenters. The van der Waals surface area contributed by atoms with Crippen molar-refractivity contribution >= 4 is 22.1 Å². The lowest BCUT2D eigenvalue weighted by Crippen LogP contribution is -2.41. The van der Waals surface area contributed by atoms with Crippen molar-refractivity contribution in [3.63, 3.8) is 0 Å². The van der Waals surface area contributed by atoms with Gasteiger partial charge < -0.3 is 4.74 Å². The summed E-state index contributed by atoms with van der Waals surface area (Å²) in [4.78, 5) is 11.6. The number of hydrogen-bond donors (Lipinski definition) is 1. The van der Waals surface area contributed by atoms with E-state index in [0.29, 0.717) is 6.42 Å². The van der Waals surface area contributed by atoms with Crippen LogP contribution in [-0.4, -0.2) is 27.5 Å². The Bertz CT molecular complexity index is 579. The normalized spacial score (nSPS) is 13.5. The van der Waals surface area contributed by atoms with E-state index in [9.17, 15) is 13.2 Å². The molecule has 21 heavy (non-hydrogen) atoms. The first-order valence-electron chi connectivity index (χ1n) is 6.67. The molecular weight excluding hydrogens is 290 g/mol. The number of carbonyl (C=O) groups excluding carboxylic acids is 1. The molecule has 6 heteroatoms. The maximum absolute atomic E-state index is 12.0. The molecule has 0 radical (unpaired) electrons. The average Bonchev–Trinajstić information content (AvgIpc) is 2.44. The highest BCUT2D eigenvalue weighted by Gasteiger charge is 2.24. The first-order chi connectivity index (χ1) is 9.84. The summed E-state index contributed by atoms with van der Waals surface area (Å²) in [5.41, 5.74) is 0.765. The molecule has 1 N–H and O–H groups in total. The molecule has 0 saturated carbocycles. The fourth-order valence-electron chi connectivity index (χ4n) is 1.78. The summed E-state index contributed by atoms with van der Waals surface area (Å²) < 4.78 is 31.0. The summed E-state index contributed by atoms with van der Waals surface area (Å²) in [5.74, 6) is -0.421. The highest BCUT2D eigenvalue weighted by Crippen LogP contribution is 2.09. The van der Waals surface area contributed by atoms with Gasteiger partial charge in [-0.25, -0.2) is 8.42 Å². The van der Waals surface area contributed by atoms with Gasteiger partial charge in [-0.15, -0.1) is 0 Å². The molecule has 0 spiro atoms. The highest BCUT2D eigenvalue weighted by molar-refractivity contribution is 7.92. The number of carbonyl (C=O) groups is 1. The van der Waals surface area contributed by atoms with Crippen LogP contribution in [0.5, 0.6) is 0 Å². The lowest BCUT2D eigenvalue weighted by Gasteiger charge is -2.17. The zero-order valence-electron chi connectivity index (χ0n) is 12.4. The van der Waals surface area contributed by atoms with Crippen molar-refractivity contribution in [2.24, 2.45) is 5.92 Å². The topological polar surface area (TPSA) is 72.5 Å². The quantitative estimate of drug-likeness (QED) is 0.783. The number of methoxy groups -OCH3 is 1. The van der Waals surface area contributed by atoms with Crippen molar-refractivity contribution in [3.05, 3.63) is 41.3 Å². The van der Waals surface area contributed by atoms with E-state index in [1.54, 1.807) is 12.1 Å². The van der Waals surface area contributed by atoms with Crippen LogP contribution < -0.4 is 4.72 Å². The lowest BCUT2D eigenvalue weighted by molar-refractivity contribution is -0.143. The van der Waals surface area contributed by atoms with Gasteiger partial charge in [-0.1, -0.05) is 44.2 Å². The second kappa shape index (κ2) is 7.95. The molecule has 5 nitrogen and oxygen atoms in total. The number of hydrogen-bond acceptors (Lipinski definition) is 4. The third kappa shape index (κ3) is 6.55. The van der Waals surface area contributed by atoms with E-state index in [-0.39, 0.29) is 5.92 Å². The van der Waals surface area contributed by atoms with Gasteiger partial charge in [0.25, 0.3) is 0 Å². The second-order valence-corrected chi connectivity index (χ2v) is 6.68. The Morgan fingerprint density at radius 1 is 1.29 bits per heavy atom. The molecule has 116 valence electrons. The van der Waals surface area contributed by atoms with Gasteiger partial charge in [0.2, 0.25) is 10.0 Å². The minimum Gasteiger partial charge on any atom is -0.468 e. The predicted octanol–water partition coefficient (Wildman–Crippen LogP) is 2.16. The van der Waals surface area contributed by atoms with Gasteiger partial charge in [0.05, 0.1) is 7.11 Å². The van der Waals surface area contributed by atoms with Crippen LogP contribution >= 0.6 is 0 Å². The van der Waals surface area contributed by atoms with Crippen LogP contribution in [0.2, 0.25) is 0 Å². The molecule has 0 amide bonds. The molecule has 0 aromatic heterocycles. The third-order valence-electron chi connectivity index (χ3n) is 2.74. The summed E-state index contributed by atoms with van der Waals surface area (Å²) >= 11 is 0. The number of esters is 1. The van der Waals surface area contributed by atoms with Crippen LogP contribution in [0, 0.1) is 5.92 Å². The average molecular weight is 311 g/mol. The molecule has 1 aromatic rings. The molecule has 0 aliphatic heterocycles. The van der Waals surface area contributed by atoms with E-state index in [1.165, 1.54) is 13.2 Å². The first-order valence-corrected chi connectivity index (χ1v) is 8.22. The Labute approximate surface area is 126 Å². The Balaban J connectivity index is 2.81. The highest BCUT2D eigenvalue weighted by atomic mass is 32.2. The van der Waals surface area contributed by atoms with Gasteiger partial charge in [-0.3, -0.25) is 4.79 Å². The van der Waals surface area contributed by atoms with Crippen LogP contribution in [0.15, 0.2) is 35.7 Å². The molecule has 1 aromatic carbocycles. The SMILES string of the molecule is COC(=O)C(CC(C)C)NS(=O)(=O)C=Cc1ccccc1. The van der Waals surface area contributed by atoms with Crippen LogP contribution in [0.25, 0.3) is 6.08 Å². The Hall–Kier alpha value is -1.66. The van der Waals surface area contributed by atoms with E-state index >= 15 is 0 Å². The largest absolute Gasteiger partial charge is 0.468 e. The molecule has 0 saturated heterocycles. The van der Waals surface area contributed by atoms with Crippen molar-refractivity contribution in [2.75, 3.05) is 7.11 Å². The van der Waals surface area contributed by atoms with E-state index < -0.39 is 22.0 Å². The van der Waals surface area contributed by atoms with Crippen molar-refractivity contribution in [2.45, 2.75) is 26.3 Å². The molecule has 1 rings (SSSR count). The minimum atomic E-state index is -3.71. The number of ether oxygens (including phenoxy) is 1. The lowest BCUT2D eigenvalue weighted by atomic mass is 10.1. The summed E-state index contributed by atoms with van der Waals surface area (Å²) in [6.07, 6.45) is 1.86. The van der Waals surface area contributed by atoms with Crippen molar-refractivity contribution < 1.29 is 17.9 Å². The minimum absolute atomic E-state index is 0.162. The summed E-state index contributed by atoms with van der Waals surface area (Å²) in [7, 11) is -2.47. The number of rotatable bonds is 7. The maximum Gasteiger partial charge on any atom is 0.323 e. The van der Waals surface area contributed by atoms with E-state index in [0.717, 1.165) is 11.0 Å². The van der Waals surface area contributed by atoms with E-state index in [2.05, 4.69) is 9.46 Å². The second-order valence-electron chi connectivity index (χ2n) is 5.08. The van der Waals surface area contributed by atoms with Crippen LogP contribution in [0.3, 0.4) is 0 Å². The zero-order valence-corrected chi connectivity index (χ0v) is 13.3. The van der Waals surface area contributed by atoms with Gasteiger partial charge in [0.1, 0.15) is 6.04 Å². The fraction of sp³-hybridized carbons (Fsp3) is 0.400. The number of benzene rings is 1. The third-order valence-corrected chi connectivity index (χ3v) is 3.85. The molecule has 0 aliphatic carbocycles. The zero-order chi connectivity index (χ0) is 15.9. The molecule has 0 bridgehead atoms. The maximum atomic E-state index is 12.0. The Morgan fingerprint density at radius 2 is 1.90 bits per heavy atom. The smallest absolute Gasteiger partial charge is 0.323 e. The standard InChI is InChI=1S/C15H21NO4S/c1-12(2)11-14(15(17)20-3)16-21(18,19)10-9-13-7-5-4-6-8-13/h4-10,12,14,16H,11H2,1-3H3. The van der Waals surface area contributed by atoms with Gasteiger partial charge in [-0.05, 0) is 24.0 Å². The van der Waals surface area contributed by atoms with Crippen molar-refractivity contribution in [3.8, 4) is 0 Å². The van der Waals surface area contributed by atoms with Crippen LogP contribution in [0.4, 0.5) is 0 Å². The number of nitrogens with one attached hydrogen (secondary N) is 1. The molecule has 0 aliphatic rings. The van der Waals surface area contributed by atoms with Gasteiger partial charge >= 0.3 is 5.97 Å². The molecule has 1 unspecified atom stereocenters. The summed E-state index contributed by atoms with van der Waals surface area (Å²) in [6, 6.07) is 8.18. The van der Waals surface area contributed by atoms with E-state index in [4.69, 9.17) is 0 Å². The van der Waals surface area contributed by atoms with Crippen molar-refractivity contribution in [1.82, 2.24) is 4.72 Å². The fourth-order valence-corrected chi connectivity index (χ4v) is 2.78. The van der Waals surface area contributed by atoms with Crippen LogP contribution in [0.1, 0.15) is 25.8 Å². The van der Waals surface area contributed by atoms with Gasteiger partial charge in [0, 0.05) is 5.41 Å². The van der Waals surface area contributed by atoms with Crippen molar-refractivity contribution in [1.29, 1.82) is 0 Å². The Morgan fingerprint density at radius 3 is 2.43 bits per heavy atom. The predicted molar refractivity (Wildman–Crippen MR) is 82.8 cm³/mol. The Kier molecular flexibility index (Phi) is 6.58. The first kappa shape index (κ1) is 17.4.